The number of nitrogens with two attached hydrogens (primary N) is 1. The third kappa shape index (κ3) is 4.11. The lowest BCUT2D eigenvalue weighted by molar-refractivity contribution is 0.141. The molecule has 1 rings (SSSR count). The van der Waals surface area contributed by atoms with Crippen molar-refractivity contribution in [1.29, 1.82) is 0 Å². The maximum absolute atomic E-state index is 12.7. The number of alkyl halides is 1. The second kappa shape index (κ2) is 6.00. The molecule has 2 N–H and O–H groups in total. The molecule has 70 valence electrons. The lowest BCUT2D eigenvalue weighted by atomic mass is 10.1. The fourth-order valence-corrected chi connectivity index (χ4v) is 1.07. The molecule has 0 radical (unpaired) electrons. The van der Waals surface area contributed by atoms with E-state index in [1.54, 1.807) is 0 Å². The first-order chi connectivity index (χ1) is 4.20. The van der Waals surface area contributed by atoms with Crippen LogP contribution in [-0.4, -0.2) is 37.3 Å². The number of hydrogen-bond acceptors (Lipinski definition) is 2. The average Bonchev–Trinajstić information content (AvgIpc) is 1.80. The van der Waals surface area contributed by atoms with Gasteiger partial charge in [0.1, 0.15) is 6.17 Å². The molecule has 0 amide bonds. The van der Waals surface area contributed by atoms with Crippen LogP contribution in [0.4, 0.5) is 4.39 Å². The summed E-state index contributed by atoms with van der Waals surface area (Å²) in [6, 6.07) is -0.221. The molecule has 2 nitrogen and oxygen atoms in total. The van der Waals surface area contributed by atoms with Crippen LogP contribution in [0.15, 0.2) is 0 Å². The van der Waals surface area contributed by atoms with E-state index in [0.717, 1.165) is 13.0 Å². The van der Waals surface area contributed by atoms with Crippen LogP contribution in [0, 0.1) is 0 Å². The number of rotatable bonds is 0. The van der Waals surface area contributed by atoms with Crippen LogP contribution in [0.5, 0.6) is 0 Å². The van der Waals surface area contributed by atoms with Crippen LogP contribution in [0.2, 0.25) is 0 Å². The van der Waals surface area contributed by atoms with Crippen LogP contribution in [-0.2, 0) is 0 Å². The summed E-state index contributed by atoms with van der Waals surface area (Å²) in [6.07, 6.45) is -0.0266. The molecule has 1 aliphatic rings. The van der Waals surface area contributed by atoms with Gasteiger partial charge in [-0.05, 0) is 20.0 Å². The first-order valence-electron chi connectivity index (χ1n) is 3.28. The largest absolute Gasteiger partial charge is 0.325 e. The van der Waals surface area contributed by atoms with E-state index in [0.29, 0.717) is 6.54 Å². The molecule has 11 heavy (non-hydrogen) atoms. The summed E-state index contributed by atoms with van der Waals surface area (Å²) in [5.41, 5.74) is 5.44. The summed E-state index contributed by atoms with van der Waals surface area (Å²) in [6.45, 7) is 1.43. The topological polar surface area (TPSA) is 29.3 Å². The van der Waals surface area contributed by atoms with Gasteiger partial charge in [0.15, 0.2) is 0 Å². The van der Waals surface area contributed by atoms with E-state index < -0.39 is 6.17 Å². The number of piperidine rings is 1. The molecule has 0 aromatic rings. The molecule has 1 saturated heterocycles. The number of hydrogen-bond donors (Lipinski definition) is 1. The Morgan fingerprint density at radius 1 is 1.45 bits per heavy atom. The van der Waals surface area contributed by atoms with Gasteiger partial charge in [0, 0.05) is 12.6 Å². The Labute approximate surface area is 79.1 Å². The van der Waals surface area contributed by atoms with E-state index in [4.69, 9.17) is 5.73 Å². The summed E-state index contributed by atoms with van der Waals surface area (Å²) >= 11 is 0. The maximum atomic E-state index is 12.7. The predicted octanol–water partition coefficient (Wildman–Crippen LogP) is 0.831. The predicted molar refractivity (Wildman–Crippen MR) is 49.5 cm³/mol. The van der Waals surface area contributed by atoms with Crippen molar-refractivity contribution in [2.75, 3.05) is 20.1 Å². The molecule has 5 heteroatoms. The minimum atomic E-state index is -0.816. The molecule has 0 saturated carbocycles. The molecule has 1 heterocycles. The van der Waals surface area contributed by atoms with E-state index >= 15 is 0 Å². The summed E-state index contributed by atoms with van der Waals surface area (Å²) in [5.74, 6) is 0. The van der Waals surface area contributed by atoms with Gasteiger partial charge in [-0.2, -0.15) is 0 Å². The SMILES string of the molecule is CN1CC[C@H](N)[C@H](F)C1.Cl.Cl. The minimum Gasteiger partial charge on any atom is -0.325 e. The van der Waals surface area contributed by atoms with Gasteiger partial charge < -0.3 is 10.6 Å². The Hall–Kier alpha value is 0.430. The Kier molecular flexibility index (Phi) is 7.63. The van der Waals surface area contributed by atoms with Crippen molar-refractivity contribution in [3.8, 4) is 0 Å². The van der Waals surface area contributed by atoms with Gasteiger partial charge in [0.25, 0.3) is 0 Å². The van der Waals surface area contributed by atoms with Crippen molar-refractivity contribution in [3.05, 3.63) is 0 Å². The van der Waals surface area contributed by atoms with Crippen molar-refractivity contribution in [3.63, 3.8) is 0 Å². The van der Waals surface area contributed by atoms with Crippen LogP contribution in [0.25, 0.3) is 0 Å². The van der Waals surface area contributed by atoms with Crippen LogP contribution in [0.1, 0.15) is 6.42 Å². The highest BCUT2D eigenvalue weighted by molar-refractivity contribution is 5.85. The zero-order valence-electron chi connectivity index (χ0n) is 6.50. The Bertz CT molecular complexity index is 105. The number of nitrogens with zero attached hydrogens (tertiary/aromatic N) is 1. The summed E-state index contributed by atoms with van der Waals surface area (Å²) in [7, 11) is 1.92. The lowest BCUT2D eigenvalue weighted by Gasteiger charge is -2.29. The highest BCUT2D eigenvalue weighted by Crippen LogP contribution is 2.09. The third-order valence-corrected chi connectivity index (χ3v) is 1.79. The van der Waals surface area contributed by atoms with Gasteiger partial charge in [-0.15, -0.1) is 24.8 Å². The monoisotopic (exact) mass is 204 g/mol. The maximum Gasteiger partial charge on any atom is 0.128 e. The molecule has 0 spiro atoms. The van der Waals surface area contributed by atoms with Gasteiger partial charge in [-0.3, -0.25) is 0 Å². The Morgan fingerprint density at radius 3 is 2.36 bits per heavy atom. The fourth-order valence-electron chi connectivity index (χ4n) is 1.07. The van der Waals surface area contributed by atoms with E-state index in [-0.39, 0.29) is 30.9 Å². The van der Waals surface area contributed by atoms with Crippen molar-refractivity contribution < 1.29 is 4.39 Å². The third-order valence-electron chi connectivity index (χ3n) is 1.79. The van der Waals surface area contributed by atoms with Crippen molar-refractivity contribution >= 4 is 24.8 Å². The standard InChI is InChI=1S/C6H13FN2.2ClH/c1-9-3-2-6(8)5(7)4-9;;/h5-6H,2-4,8H2,1H3;2*1H/t5-,6+;;/m1../s1. The smallest absolute Gasteiger partial charge is 0.128 e. The lowest BCUT2D eigenvalue weighted by Crippen LogP contribution is -2.46. The summed E-state index contributed by atoms with van der Waals surface area (Å²) in [4.78, 5) is 1.97. The summed E-state index contributed by atoms with van der Waals surface area (Å²) < 4.78 is 12.7. The van der Waals surface area contributed by atoms with Crippen molar-refractivity contribution in [2.45, 2.75) is 18.6 Å². The molecule has 0 aromatic carbocycles. The Balaban J connectivity index is 0. The van der Waals surface area contributed by atoms with Crippen molar-refractivity contribution in [2.24, 2.45) is 5.73 Å². The molecule has 0 unspecified atom stereocenters. The normalized spacial score (nSPS) is 31.9. The van der Waals surface area contributed by atoms with Gasteiger partial charge in [-0.1, -0.05) is 0 Å². The van der Waals surface area contributed by atoms with Gasteiger partial charge in [0.2, 0.25) is 0 Å². The molecule has 2 atom stereocenters. The molecule has 0 aromatic heterocycles. The van der Waals surface area contributed by atoms with Crippen molar-refractivity contribution in [1.82, 2.24) is 4.90 Å². The number of likely N-dealkylation sites (tertiary alicyclic amines) is 1. The van der Waals surface area contributed by atoms with E-state index in [1.165, 1.54) is 0 Å². The molecule has 1 aliphatic heterocycles. The molecule has 1 fully saturated rings. The molecule has 0 aliphatic carbocycles. The highest BCUT2D eigenvalue weighted by atomic mass is 35.5. The zero-order valence-corrected chi connectivity index (χ0v) is 8.13. The Morgan fingerprint density at radius 2 is 2.00 bits per heavy atom. The zero-order chi connectivity index (χ0) is 6.85. The van der Waals surface area contributed by atoms with E-state index in [1.807, 2.05) is 11.9 Å². The van der Waals surface area contributed by atoms with Crippen LogP contribution in [0.3, 0.4) is 0 Å². The second-order valence-electron chi connectivity index (χ2n) is 2.73. The van der Waals surface area contributed by atoms with Crippen LogP contribution < -0.4 is 5.73 Å². The average molecular weight is 205 g/mol. The van der Waals surface area contributed by atoms with E-state index in [9.17, 15) is 4.39 Å². The summed E-state index contributed by atoms with van der Waals surface area (Å²) in [5, 5.41) is 0. The van der Waals surface area contributed by atoms with Crippen LogP contribution >= 0.6 is 24.8 Å². The first kappa shape index (κ1) is 14.0. The second-order valence-corrected chi connectivity index (χ2v) is 2.73. The molecular weight excluding hydrogens is 190 g/mol. The van der Waals surface area contributed by atoms with Gasteiger partial charge >= 0.3 is 0 Å². The van der Waals surface area contributed by atoms with Gasteiger partial charge in [-0.25, -0.2) is 4.39 Å². The minimum absolute atomic E-state index is 0. The molecular formula is C6H15Cl2FN2. The molecule has 0 bridgehead atoms. The fraction of sp³-hybridized carbons (Fsp3) is 1.00. The quantitative estimate of drug-likeness (QED) is 0.634. The van der Waals surface area contributed by atoms with Gasteiger partial charge in [0.05, 0.1) is 0 Å². The first-order valence-corrected chi connectivity index (χ1v) is 3.28. The number of halogens is 3. The highest BCUT2D eigenvalue weighted by Gasteiger charge is 2.23. The van der Waals surface area contributed by atoms with E-state index in [2.05, 4.69) is 0 Å².